The van der Waals surface area contributed by atoms with Crippen LogP contribution in [0.2, 0.25) is 0 Å². The zero-order valence-electron chi connectivity index (χ0n) is 17.7. The van der Waals surface area contributed by atoms with E-state index < -0.39 is 23.9 Å². The molecule has 2 heterocycles. The highest BCUT2D eigenvalue weighted by atomic mass is 19.4. The summed E-state index contributed by atoms with van der Waals surface area (Å²) in [6, 6.07) is 4.42. The average Bonchev–Trinajstić information content (AvgIpc) is 2.76. The van der Waals surface area contributed by atoms with Gasteiger partial charge in [0.1, 0.15) is 5.82 Å². The third-order valence-electron chi connectivity index (χ3n) is 4.91. The van der Waals surface area contributed by atoms with Crippen LogP contribution in [0.3, 0.4) is 0 Å². The first-order valence-corrected chi connectivity index (χ1v) is 9.92. The van der Waals surface area contributed by atoms with Crippen LogP contribution in [0.5, 0.6) is 11.8 Å². The van der Waals surface area contributed by atoms with Crippen molar-refractivity contribution in [3.63, 3.8) is 0 Å². The molecule has 0 unspecified atom stereocenters. The molecule has 0 aliphatic heterocycles. The van der Waals surface area contributed by atoms with Gasteiger partial charge in [0.2, 0.25) is 0 Å². The Balaban J connectivity index is 0.000000429. The normalized spacial score (nSPS) is 13.3. The fourth-order valence-electron chi connectivity index (χ4n) is 2.99. The summed E-state index contributed by atoms with van der Waals surface area (Å²) in [5.74, 6) is -4.24. The number of rotatable bonds is 5. The van der Waals surface area contributed by atoms with Crippen LogP contribution < -0.4 is 10.5 Å². The Kier molecular flexibility index (Phi) is 7.42. The Hall–Kier alpha value is -4.36. The second-order valence-corrected chi connectivity index (χ2v) is 7.23. The summed E-state index contributed by atoms with van der Waals surface area (Å²) in [6.07, 6.45) is 1.79. The van der Waals surface area contributed by atoms with Crippen molar-refractivity contribution < 1.29 is 42.1 Å². The lowest BCUT2D eigenvalue weighted by atomic mass is 9.79. The predicted molar refractivity (Wildman–Crippen MR) is 111 cm³/mol. The summed E-state index contributed by atoms with van der Waals surface area (Å²) in [6.45, 7) is 0. The molecule has 0 spiro atoms. The molecule has 3 aromatic rings. The summed E-state index contributed by atoms with van der Waals surface area (Å²) >= 11 is 0. The molecular weight excluding hydrogens is 478 g/mol. The number of ether oxygens (including phenoxy) is 1. The van der Waals surface area contributed by atoms with Crippen molar-refractivity contribution in [2.45, 2.75) is 31.4 Å². The largest absolute Gasteiger partial charge is 0.490 e. The van der Waals surface area contributed by atoms with Crippen molar-refractivity contribution in [3.8, 4) is 23.0 Å². The van der Waals surface area contributed by atoms with E-state index in [2.05, 4.69) is 19.9 Å². The highest BCUT2D eigenvalue weighted by Crippen LogP contribution is 2.44. The fraction of sp³-hybridized carbons (Fsp3) is 0.238. The van der Waals surface area contributed by atoms with Crippen molar-refractivity contribution in [2.24, 2.45) is 0 Å². The van der Waals surface area contributed by atoms with Crippen LogP contribution >= 0.6 is 0 Å². The minimum atomic E-state index is -5.08. The highest BCUT2D eigenvalue weighted by molar-refractivity contribution is 5.85. The number of nitrogen functional groups attached to an aromatic ring is 1. The topological polar surface area (TPSA) is 161 Å². The quantitative estimate of drug-likeness (QED) is 0.440. The molecule has 1 saturated carbocycles. The first-order chi connectivity index (χ1) is 16.5. The number of aromatic nitrogens is 4. The van der Waals surface area contributed by atoms with Gasteiger partial charge in [-0.1, -0.05) is 12.5 Å². The van der Waals surface area contributed by atoms with Gasteiger partial charge in [-0.25, -0.2) is 23.9 Å². The predicted octanol–water partition coefficient (Wildman–Crippen LogP) is 4.05. The van der Waals surface area contributed by atoms with Gasteiger partial charge in [-0.3, -0.25) is 4.98 Å². The van der Waals surface area contributed by atoms with Crippen LogP contribution in [0.1, 0.15) is 41.2 Å². The van der Waals surface area contributed by atoms with Gasteiger partial charge in [0.05, 0.1) is 18.1 Å². The number of carbonyl (C=O) groups is 2. The first-order valence-electron chi connectivity index (χ1n) is 9.92. The fourth-order valence-corrected chi connectivity index (χ4v) is 2.99. The molecule has 1 aromatic carbocycles. The molecule has 4 rings (SSSR count). The Labute approximate surface area is 194 Å². The van der Waals surface area contributed by atoms with Gasteiger partial charge in [-0.15, -0.1) is 0 Å². The Morgan fingerprint density at radius 3 is 2.26 bits per heavy atom. The third kappa shape index (κ3) is 6.16. The number of aromatic carboxylic acids is 1. The van der Waals surface area contributed by atoms with E-state index in [4.69, 9.17) is 25.5 Å². The lowest BCUT2D eigenvalue weighted by Gasteiger charge is -2.28. The second kappa shape index (κ2) is 10.3. The molecule has 4 N–H and O–H groups in total. The molecule has 0 amide bonds. The summed E-state index contributed by atoms with van der Waals surface area (Å²) in [5.41, 5.74) is 6.50. The summed E-state index contributed by atoms with van der Waals surface area (Å²) < 4.78 is 52.8. The van der Waals surface area contributed by atoms with Crippen molar-refractivity contribution >= 4 is 17.8 Å². The van der Waals surface area contributed by atoms with Crippen molar-refractivity contribution in [1.82, 2.24) is 19.9 Å². The monoisotopic (exact) mass is 495 g/mol. The van der Waals surface area contributed by atoms with Gasteiger partial charge in [-0.2, -0.15) is 18.2 Å². The van der Waals surface area contributed by atoms with Gasteiger partial charge in [0.15, 0.2) is 17.3 Å². The van der Waals surface area contributed by atoms with E-state index in [0.717, 1.165) is 19.3 Å². The maximum atomic E-state index is 15.4. The van der Waals surface area contributed by atoms with E-state index in [1.54, 1.807) is 12.1 Å². The second-order valence-electron chi connectivity index (χ2n) is 7.23. The zero-order valence-corrected chi connectivity index (χ0v) is 17.7. The van der Waals surface area contributed by atoms with E-state index >= 15 is 4.39 Å². The number of hydrogen-bond donors (Lipinski definition) is 3. The van der Waals surface area contributed by atoms with Gasteiger partial charge in [-0.05, 0) is 30.9 Å². The van der Waals surface area contributed by atoms with Crippen molar-refractivity contribution in [2.75, 3.05) is 5.73 Å². The van der Waals surface area contributed by atoms with E-state index in [0.29, 0.717) is 11.3 Å². The minimum absolute atomic E-state index is 0.0247. The van der Waals surface area contributed by atoms with Gasteiger partial charge >= 0.3 is 24.1 Å². The van der Waals surface area contributed by atoms with Gasteiger partial charge < -0.3 is 20.7 Å². The van der Waals surface area contributed by atoms with Crippen LogP contribution in [-0.4, -0.2) is 48.3 Å². The number of benzene rings is 1. The molecule has 35 heavy (non-hydrogen) atoms. The lowest BCUT2D eigenvalue weighted by Crippen LogP contribution is -2.21. The average molecular weight is 495 g/mol. The number of nitrogens with zero attached hydrogens (tertiary/aromatic N) is 4. The van der Waals surface area contributed by atoms with Gasteiger partial charge in [0.25, 0.3) is 0 Å². The Morgan fingerprint density at radius 2 is 1.74 bits per heavy atom. The van der Waals surface area contributed by atoms with Crippen LogP contribution in [-0.2, 0) is 4.79 Å². The molecule has 1 aliphatic carbocycles. The van der Waals surface area contributed by atoms with Crippen LogP contribution in [0.25, 0.3) is 11.3 Å². The smallest absolute Gasteiger partial charge is 0.477 e. The number of nitrogens with two attached hydrogens (primary N) is 1. The third-order valence-corrected chi connectivity index (χ3v) is 4.91. The Morgan fingerprint density at radius 1 is 1.06 bits per heavy atom. The molecule has 0 saturated heterocycles. The molecular formula is C21H17F4N5O5. The summed E-state index contributed by atoms with van der Waals surface area (Å²) in [4.78, 5) is 35.8. The standard InChI is InChI=1S/C19H16FN5O3.C2HF3O2/c20-16-12(14-8-24-15(21)9-23-14)5-4-11(10-2-1-3-10)17(16)28-19-22-7-6-13(25-19)18(26)27;3-2(4,5)1(6)7/h4-10H,1-3H2,(H2,21,24)(H,26,27);(H,6,7). The molecule has 1 fully saturated rings. The number of carboxylic acids is 2. The zero-order chi connectivity index (χ0) is 25.8. The molecule has 1 aliphatic rings. The maximum Gasteiger partial charge on any atom is 0.490 e. The number of alkyl halides is 3. The number of hydrogen-bond acceptors (Lipinski definition) is 8. The molecule has 0 atom stereocenters. The van der Waals surface area contributed by atoms with Crippen LogP contribution in [0.4, 0.5) is 23.4 Å². The highest BCUT2D eigenvalue weighted by Gasteiger charge is 2.38. The summed E-state index contributed by atoms with van der Waals surface area (Å²) in [7, 11) is 0. The summed E-state index contributed by atoms with van der Waals surface area (Å²) in [5, 5.41) is 16.2. The number of carboxylic acid groups (broad SMARTS) is 2. The van der Waals surface area contributed by atoms with Crippen molar-refractivity contribution in [3.05, 3.63) is 53.9 Å². The Bertz CT molecular complexity index is 1230. The number of halogens is 4. The molecule has 0 bridgehead atoms. The molecule has 10 nitrogen and oxygen atoms in total. The van der Waals surface area contributed by atoms with Crippen LogP contribution in [0.15, 0.2) is 36.8 Å². The van der Waals surface area contributed by atoms with E-state index in [1.165, 1.54) is 24.7 Å². The lowest BCUT2D eigenvalue weighted by molar-refractivity contribution is -0.192. The van der Waals surface area contributed by atoms with E-state index in [-0.39, 0.29) is 34.8 Å². The SMILES string of the molecule is Nc1cnc(-c2ccc(C3CCC3)c(Oc3nccc(C(=O)O)n3)c2F)cn1.O=C(O)C(F)(F)F. The molecule has 14 heteroatoms. The van der Waals surface area contributed by atoms with Crippen LogP contribution in [0, 0.1) is 5.82 Å². The molecule has 0 radical (unpaired) electrons. The molecule has 184 valence electrons. The van der Waals surface area contributed by atoms with E-state index in [1.807, 2.05) is 0 Å². The van der Waals surface area contributed by atoms with Crippen molar-refractivity contribution in [1.29, 1.82) is 0 Å². The first kappa shape index (κ1) is 25.3. The number of anilines is 1. The maximum absolute atomic E-state index is 15.4. The number of aliphatic carboxylic acids is 1. The van der Waals surface area contributed by atoms with E-state index in [9.17, 15) is 18.0 Å². The molecule has 2 aromatic heterocycles. The minimum Gasteiger partial charge on any atom is -0.477 e. The van der Waals surface area contributed by atoms with Gasteiger partial charge in [0, 0.05) is 17.3 Å².